The average Bonchev–Trinajstić information content (AvgIpc) is 2.98. The Hall–Kier alpha value is -3.31. The molecule has 0 bridgehead atoms. The first-order valence-electron chi connectivity index (χ1n) is 8.67. The number of aryl methyl sites for hydroxylation is 2. The highest BCUT2D eigenvalue weighted by Crippen LogP contribution is 2.38. The maximum atomic E-state index is 9.85. The van der Waals surface area contributed by atoms with Crippen molar-refractivity contribution in [3.8, 4) is 23.6 Å². The van der Waals surface area contributed by atoms with Gasteiger partial charge in [0.2, 0.25) is 0 Å². The topological polar surface area (TPSA) is 74.6 Å². The number of nitrogens with zero attached hydrogens (tertiary/aromatic N) is 4. The fourth-order valence-corrected chi connectivity index (χ4v) is 3.15. The van der Waals surface area contributed by atoms with E-state index in [0.717, 1.165) is 35.0 Å². The fourth-order valence-electron chi connectivity index (χ4n) is 3.15. The molecule has 2 aromatic carbocycles. The molecular formula is C21H20N4O. The summed E-state index contributed by atoms with van der Waals surface area (Å²) in [5.74, 6) is 0.485. The number of nitriles is 2. The summed E-state index contributed by atoms with van der Waals surface area (Å²) in [5.41, 5.74) is 2.96. The van der Waals surface area contributed by atoms with Crippen LogP contribution in [0.2, 0.25) is 0 Å². The third kappa shape index (κ3) is 2.89. The molecule has 0 saturated carbocycles. The number of aromatic nitrogens is 2. The molecule has 0 atom stereocenters. The second kappa shape index (κ2) is 7.29. The van der Waals surface area contributed by atoms with Crippen molar-refractivity contribution in [3.05, 3.63) is 52.8 Å². The van der Waals surface area contributed by atoms with Gasteiger partial charge in [-0.1, -0.05) is 37.6 Å². The van der Waals surface area contributed by atoms with Gasteiger partial charge in [0.15, 0.2) is 0 Å². The maximum absolute atomic E-state index is 9.85. The number of hydrogen-bond donors (Lipinski definition) is 0. The van der Waals surface area contributed by atoms with Crippen molar-refractivity contribution in [1.29, 1.82) is 10.5 Å². The van der Waals surface area contributed by atoms with Gasteiger partial charge in [0.05, 0.1) is 23.6 Å². The van der Waals surface area contributed by atoms with Crippen LogP contribution in [0.4, 0.5) is 0 Å². The Kier molecular flexibility index (Phi) is 4.91. The van der Waals surface area contributed by atoms with Crippen LogP contribution >= 0.6 is 0 Å². The van der Waals surface area contributed by atoms with Crippen LogP contribution in [0.5, 0.6) is 5.75 Å². The van der Waals surface area contributed by atoms with Crippen LogP contribution in [0.25, 0.3) is 16.5 Å². The molecule has 0 N–H and O–H groups in total. The predicted octanol–water partition coefficient (Wildman–Crippen LogP) is 4.56. The minimum atomic E-state index is 0.268. The maximum Gasteiger partial charge on any atom is 0.146 e. The third-order valence-corrected chi connectivity index (χ3v) is 4.33. The molecule has 0 radical (unpaired) electrons. The van der Waals surface area contributed by atoms with E-state index in [1.807, 2.05) is 44.2 Å². The van der Waals surface area contributed by atoms with Crippen LogP contribution in [0.15, 0.2) is 30.3 Å². The SMILES string of the molecule is CCCCOc1c(C#N)c(C#N)c(-n2nc(C)cc2C)c2ccccc12. The van der Waals surface area contributed by atoms with Crippen molar-refractivity contribution < 1.29 is 4.74 Å². The molecule has 5 heteroatoms. The van der Waals surface area contributed by atoms with Gasteiger partial charge in [-0.25, -0.2) is 4.68 Å². The average molecular weight is 344 g/mol. The number of ether oxygens (including phenoxy) is 1. The molecule has 0 aliphatic rings. The second-order valence-electron chi connectivity index (χ2n) is 6.24. The first-order valence-corrected chi connectivity index (χ1v) is 8.67. The van der Waals surface area contributed by atoms with Gasteiger partial charge < -0.3 is 4.74 Å². The second-order valence-corrected chi connectivity index (χ2v) is 6.24. The molecule has 0 unspecified atom stereocenters. The van der Waals surface area contributed by atoms with Crippen molar-refractivity contribution in [2.75, 3.05) is 6.61 Å². The van der Waals surface area contributed by atoms with Crippen molar-refractivity contribution in [3.63, 3.8) is 0 Å². The van der Waals surface area contributed by atoms with Gasteiger partial charge in [-0.2, -0.15) is 15.6 Å². The Morgan fingerprint density at radius 1 is 1.08 bits per heavy atom. The summed E-state index contributed by atoms with van der Waals surface area (Å²) in [6.45, 7) is 6.44. The largest absolute Gasteiger partial charge is 0.491 e. The zero-order valence-corrected chi connectivity index (χ0v) is 15.2. The van der Waals surface area contributed by atoms with Gasteiger partial charge in [0.1, 0.15) is 23.5 Å². The molecule has 0 fully saturated rings. The third-order valence-electron chi connectivity index (χ3n) is 4.33. The number of benzene rings is 2. The summed E-state index contributed by atoms with van der Waals surface area (Å²) in [6, 6.07) is 14.0. The molecule has 26 heavy (non-hydrogen) atoms. The van der Waals surface area contributed by atoms with Crippen molar-refractivity contribution in [2.45, 2.75) is 33.6 Å². The summed E-state index contributed by atoms with van der Waals surface area (Å²) in [6.07, 6.45) is 1.88. The molecule has 1 heterocycles. The molecule has 0 spiro atoms. The van der Waals surface area contributed by atoms with Crippen molar-refractivity contribution in [2.24, 2.45) is 0 Å². The summed E-state index contributed by atoms with van der Waals surface area (Å²) >= 11 is 0. The van der Waals surface area contributed by atoms with E-state index >= 15 is 0 Å². The Bertz CT molecular complexity index is 1050. The number of unbranched alkanes of at least 4 members (excludes halogenated alkanes) is 1. The lowest BCUT2D eigenvalue weighted by molar-refractivity contribution is 0.312. The highest BCUT2D eigenvalue weighted by Gasteiger charge is 2.23. The predicted molar refractivity (Wildman–Crippen MR) is 100 cm³/mol. The van der Waals surface area contributed by atoms with Crippen LogP contribution < -0.4 is 4.74 Å². The fraction of sp³-hybridized carbons (Fsp3) is 0.286. The summed E-state index contributed by atoms with van der Waals surface area (Å²) < 4.78 is 7.69. The van der Waals surface area contributed by atoms with E-state index in [1.165, 1.54) is 0 Å². The van der Waals surface area contributed by atoms with Crippen LogP contribution in [0, 0.1) is 36.5 Å². The van der Waals surface area contributed by atoms with E-state index in [9.17, 15) is 10.5 Å². The quantitative estimate of drug-likeness (QED) is 0.636. The lowest BCUT2D eigenvalue weighted by Gasteiger charge is -2.17. The molecule has 5 nitrogen and oxygen atoms in total. The van der Waals surface area contributed by atoms with Gasteiger partial charge in [0, 0.05) is 16.5 Å². The Morgan fingerprint density at radius 3 is 2.35 bits per heavy atom. The minimum Gasteiger partial charge on any atom is -0.491 e. The zero-order chi connectivity index (χ0) is 18.7. The van der Waals surface area contributed by atoms with E-state index in [2.05, 4.69) is 24.2 Å². The molecule has 1 aromatic heterocycles. The van der Waals surface area contributed by atoms with Crippen molar-refractivity contribution >= 4 is 10.8 Å². The highest BCUT2D eigenvalue weighted by molar-refractivity contribution is 5.99. The number of rotatable bonds is 5. The minimum absolute atomic E-state index is 0.268. The van der Waals surface area contributed by atoms with Crippen LogP contribution in [-0.4, -0.2) is 16.4 Å². The van der Waals surface area contributed by atoms with Gasteiger partial charge in [-0.3, -0.25) is 0 Å². The molecule has 3 rings (SSSR count). The van der Waals surface area contributed by atoms with E-state index in [4.69, 9.17) is 4.74 Å². The normalized spacial score (nSPS) is 10.5. The Balaban J connectivity index is 2.40. The zero-order valence-electron chi connectivity index (χ0n) is 15.2. The summed E-state index contributed by atoms with van der Waals surface area (Å²) in [7, 11) is 0. The van der Waals surface area contributed by atoms with Gasteiger partial charge in [-0.15, -0.1) is 0 Å². The van der Waals surface area contributed by atoms with Gasteiger partial charge >= 0.3 is 0 Å². The van der Waals surface area contributed by atoms with E-state index in [-0.39, 0.29) is 5.56 Å². The molecule has 130 valence electrons. The molecule has 0 saturated heterocycles. The molecule has 0 aliphatic heterocycles. The lowest BCUT2D eigenvalue weighted by atomic mass is 9.97. The molecule has 0 amide bonds. The Morgan fingerprint density at radius 2 is 1.77 bits per heavy atom. The van der Waals surface area contributed by atoms with E-state index < -0.39 is 0 Å². The highest BCUT2D eigenvalue weighted by atomic mass is 16.5. The van der Waals surface area contributed by atoms with Crippen molar-refractivity contribution in [1.82, 2.24) is 9.78 Å². The van der Waals surface area contributed by atoms with Gasteiger partial charge in [-0.05, 0) is 26.3 Å². The number of fused-ring (bicyclic) bond motifs is 1. The monoisotopic (exact) mass is 344 g/mol. The summed E-state index contributed by atoms with van der Waals surface area (Å²) in [5, 5.41) is 25.8. The summed E-state index contributed by atoms with van der Waals surface area (Å²) in [4.78, 5) is 0. The van der Waals surface area contributed by atoms with Crippen LogP contribution in [0.3, 0.4) is 0 Å². The van der Waals surface area contributed by atoms with E-state index in [1.54, 1.807) is 4.68 Å². The van der Waals surface area contributed by atoms with Crippen LogP contribution in [-0.2, 0) is 0 Å². The first-order chi connectivity index (χ1) is 12.6. The molecule has 0 aliphatic carbocycles. The smallest absolute Gasteiger partial charge is 0.146 e. The first kappa shape index (κ1) is 17.5. The number of hydrogen-bond acceptors (Lipinski definition) is 4. The van der Waals surface area contributed by atoms with Gasteiger partial charge in [0.25, 0.3) is 0 Å². The standard InChI is InChI=1S/C21H20N4O/c1-4-5-10-26-21-17-9-7-6-8-16(17)20(18(12-22)19(21)13-23)25-15(3)11-14(2)24-25/h6-9,11H,4-5,10H2,1-3H3. The lowest BCUT2D eigenvalue weighted by Crippen LogP contribution is -2.08. The van der Waals surface area contributed by atoms with Crippen LogP contribution in [0.1, 0.15) is 42.3 Å². The van der Waals surface area contributed by atoms with E-state index in [0.29, 0.717) is 23.6 Å². The molecular weight excluding hydrogens is 324 g/mol. The molecule has 3 aromatic rings. The Labute approximate surface area is 153 Å².